The number of rotatable bonds is 7. The van der Waals surface area contributed by atoms with Crippen LogP contribution in [0.4, 0.5) is 0 Å². The first kappa shape index (κ1) is 15.0. The van der Waals surface area contributed by atoms with Crippen molar-refractivity contribution in [2.45, 2.75) is 77.2 Å². The van der Waals surface area contributed by atoms with Crippen LogP contribution in [0.3, 0.4) is 0 Å². The van der Waals surface area contributed by atoms with E-state index in [1.807, 2.05) is 0 Å². The van der Waals surface area contributed by atoms with Gasteiger partial charge in [0.2, 0.25) is 5.89 Å². The summed E-state index contributed by atoms with van der Waals surface area (Å²) in [6.07, 6.45) is 10.0. The molecule has 1 aromatic heterocycles. The van der Waals surface area contributed by atoms with Gasteiger partial charge in [-0.3, -0.25) is 0 Å². The highest BCUT2D eigenvalue weighted by atomic mass is 16.5. The maximum atomic E-state index is 5.52. The molecule has 1 aromatic rings. The van der Waals surface area contributed by atoms with E-state index in [9.17, 15) is 0 Å². The van der Waals surface area contributed by atoms with Crippen molar-refractivity contribution in [3.8, 4) is 0 Å². The van der Waals surface area contributed by atoms with Crippen LogP contribution in [0.15, 0.2) is 4.52 Å². The van der Waals surface area contributed by atoms with Gasteiger partial charge in [0.05, 0.1) is 0 Å². The molecule has 2 aliphatic carbocycles. The summed E-state index contributed by atoms with van der Waals surface area (Å²) < 4.78 is 5.52. The van der Waals surface area contributed by atoms with Crippen LogP contribution in [0, 0.1) is 11.8 Å². The van der Waals surface area contributed by atoms with Crippen LogP contribution in [0.1, 0.15) is 76.4 Å². The van der Waals surface area contributed by atoms with Gasteiger partial charge in [0.15, 0.2) is 5.82 Å². The van der Waals surface area contributed by atoms with E-state index < -0.39 is 0 Å². The zero-order valence-corrected chi connectivity index (χ0v) is 13.5. The summed E-state index contributed by atoms with van der Waals surface area (Å²) in [5.74, 6) is 4.07. The predicted molar refractivity (Wildman–Crippen MR) is 83.2 cm³/mol. The minimum absolute atomic E-state index is 0.527. The van der Waals surface area contributed by atoms with Gasteiger partial charge in [-0.15, -0.1) is 0 Å². The first-order valence-corrected chi connectivity index (χ1v) is 8.86. The Morgan fingerprint density at radius 1 is 1.14 bits per heavy atom. The third kappa shape index (κ3) is 3.85. The molecule has 21 heavy (non-hydrogen) atoms. The smallest absolute Gasteiger partial charge is 0.228 e. The predicted octanol–water partition coefficient (Wildman–Crippen LogP) is 3.68. The van der Waals surface area contributed by atoms with Crippen molar-refractivity contribution in [3.05, 3.63) is 11.7 Å². The Balaban J connectivity index is 1.55. The van der Waals surface area contributed by atoms with Crippen molar-refractivity contribution < 1.29 is 4.52 Å². The Morgan fingerprint density at radius 2 is 1.90 bits per heavy atom. The molecule has 0 radical (unpaired) electrons. The average Bonchev–Trinajstić information content (AvgIpc) is 3.27. The Kier molecular flexibility index (Phi) is 4.94. The Morgan fingerprint density at radius 3 is 2.52 bits per heavy atom. The fourth-order valence-electron chi connectivity index (χ4n) is 3.70. The van der Waals surface area contributed by atoms with Gasteiger partial charge in [0, 0.05) is 18.4 Å². The van der Waals surface area contributed by atoms with Gasteiger partial charge in [-0.25, -0.2) is 0 Å². The lowest BCUT2D eigenvalue weighted by molar-refractivity contribution is 0.301. The van der Waals surface area contributed by atoms with E-state index in [2.05, 4.69) is 24.3 Å². The van der Waals surface area contributed by atoms with Gasteiger partial charge in [0.25, 0.3) is 0 Å². The molecule has 0 bridgehead atoms. The maximum Gasteiger partial charge on any atom is 0.228 e. The van der Waals surface area contributed by atoms with Crippen molar-refractivity contribution in [2.75, 3.05) is 6.54 Å². The molecule has 2 fully saturated rings. The molecule has 0 spiro atoms. The summed E-state index contributed by atoms with van der Waals surface area (Å²) in [5.41, 5.74) is 0. The minimum atomic E-state index is 0.527. The van der Waals surface area contributed by atoms with Crippen LogP contribution in [-0.2, 0) is 6.42 Å². The number of nitrogens with one attached hydrogen (secondary N) is 1. The number of aromatic nitrogens is 2. The SMILES string of the molecule is CCNC(Cc1nc(C2CCC(CC)CC2)no1)C1CC1. The third-order valence-corrected chi connectivity index (χ3v) is 5.32. The largest absolute Gasteiger partial charge is 0.339 e. The van der Waals surface area contributed by atoms with Gasteiger partial charge >= 0.3 is 0 Å². The van der Waals surface area contributed by atoms with E-state index in [0.29, 0.717) is 12.0 Å². The highest BCUT2D eigenvalue weighted by Crippen LogP contribution is 2.36. The molecule has 2 aliphatic rings. The van der Waals surface area contributed by atoms with Crippen LogP contribution >= 0.6 is 0 Å². The van der Waals surface area contributed by atoms with Crippen molar-refractivity contribution in [1.82, 2.24) is 15.5 Å². The molecule has 4 nitrogen and oxygen atoms in total. The summed E-state index contributed by atoms with van der Waals surface area (Å²) >= 11 is 0. The van der Waals surface area contributed by atoms with E-state index in [4.69, 9.17) is 9.51 Å². The summed E-state index contributed by atoms with van der Waals surface area (Å²) in [7, 11) is 0. The molecule has 0 saturated heterocycles. The van der Waals surface area contributed by atoms with Gasteiger partial charge < -0.3 is 9.84 Å². The first-order valence-electron chi connectivity index (χ1n) is 8.86. The van der Waals surface area contributed by atoms with E-state index in [1.165, 1.54) is 44.9 Å². The number of likely N-dealkylation sites (N-methyl/N-ethyl adjacent to an activating group) is 1. The monoisotopic (exact) mass is 291 g/mol. The average molecular weight is 291 g/mol. The fourth-order valence-corrected chi connectivity index (χ4v) is 3.70. The third-order valence-electron chi connectivity index (χ3n) is 5.32. The number of nitrogens with zero attached hydrogens (tertiary/aromatic N) is 2. The van der Waals surface area contributed by atoms with Crippen molar-refractivity contribution in [2.24, 2.45) is 11.8 Å². The standard InChI is InChI=1S/C17H29N3O/c1-3-12-5-7-14(8-6-12)17-19-16(21-20-17)11-15(18-4-2)13-9-10-13/h12-15,18H,3-11H2,1-2H3. The molecule has 118 valence electrons. The lowest BCUT2D eigenvalue weighted by Crippen LogP contribution is -2.33. The van der Waals surface area contributed by atoms with Gasteiger partial charge in [-0.1, -0.05) is 25.4 Å². The summed E-state index contributed by atoms with van der Waals surface area (Å²) in [5, 5.41) is 7.84. The van der Waals surface area contributed by atoms with E-state index in [0.717, 1.165) is 36.5 Å². The quantitative estimate of drug-likeness (QED) is 0.832. The Hall–Kier alpha value is -0.900. The summed E-state index contributed by atoms with van der Waals surface area (Å²) in [4.78, 5) is 4.70. The maximum absolute atomic E-state index is 5.52. The number of hydrogen-bond donors (Lipinski definition) is 1. The molecule has 1 unspecified atom stereocenters. The topological polar surface area (TPSA) is 51.0 Å². The zero-order chi connectivity index (χ0) is 14.7. The molecular weight excluding hydrogens is 262 g/mol. The second kappa shape index (κ2) is 6.91. The highest BCUT2D eigenvalue weighted by molar-refractivity contribution is 5.00. The molecule has 1 atom stereocenters. The molecule has 2 saturated carbocycles. The normalized spacial score (nSPS) is 27.7. The molecule has 4 heteroatoms. The second-order valence-corrected chi connectivity index (χ2v) is 6.88. The van der Waals surface area contributed by atoms with Crippen LogP contribution in [0.5, 0.6) is 0 Å². The van der Waals surface area contributed by atoms with Gasteiger partial charge in [-0.05, 0) is 56.9 Å². The molecular formula is C17H29N3O. The van der Waals surface area contributed by atoms with Gasteiger partial charge in [-0.2, -0.15) is 4.98 Å². The second-order valence-electron chi connectivity index (χ2n) is 6.88. The number of hydrogen-bond acceptors (Lipinski definition) is 4. The van der Waals surface area contributed by atoms with E-state index in [1.54, 1.807) is 0 Å². The zero-order valence-electron chi connectivity index (χ0n) is 13.5. The lowest BCUT2D eigenvalue weighted by Gasteiger charge is -2.25. The van der Waals surface area contributed by atoms with Crippen molar-refractivity contribution in [1.29, 1.82) is 0 Å². The Labute approximate surface area is 128 Å². The minimum Gasteiger partial charge on any atom is -0.339 e. The molecule has 0 aliphatic heterocycles. The molecule has 0 aromatic carbocycles. The van der Waals surface area contributed by atoms with Crippen molar-refractivity contribution >= 4 is 0 Å². The first-order chi connectivity index (χ1) is 10.3. The van der Waals surface area contributed by atoms with E-state index in [-0.39, 0.29) is 0 Å². The Bertz CT molecular complexity index is 433. The van der Waals surface area contributed by atoms with Gasteiger partial charge in [0.1, 0.15) is 0 Å². The molecule has 1 heterocycles. The molecule has 1 N–H and O–H groups in total. The molecule has 0 amide bonds. The van der Waals surface area contributed by atoms with Crippen molar-refractivity contribution in [3.63, 3.8) is 0 Å². The van der Waals surface area contributed by atoms with Crippen LogP contribution in [0.2, 0.25) is 0 Å². The fraction of sp³-hybridized carbons (Fsp3) is 0.882. The van der Waals surface area contributed by atoms with Crippen LogP contribution in [0.25, 0.3) is 0 Å². The lowest BCUT2D eigenvalue weighted by atomic mass is 9.80. The summed E-state index contributed by atoms with van der Waals surface area (Å²) in [6, 6.07) is 0.527. The molecule has 3 rings (SSSR count). The van der Waals surface area contributed by atoms with E-state index >= 15 is 0 Å². The van der Waals surface area contributed by atoms with Crippen LogP contribution < -0.4 is 5.32 Å². The highest BCUT2D eigenvalue weighted by Gasteiger charge is 2.32. The van der Waals surface area contributed by atoms with Crippen LogP contribution in [-0.4, -0.2) is 22.7 Å². The summed E-state index contributed by atoms with van der Waals surface area (Å²) in [6.45, 7) is 5.49.